The lowest BCUT2D eigenvalue weighted by Gasteiger charge is -2.41. The van der Waals surface area contributed by atoms with Gasteiger partial charge in [0.25, 0.3) is 0 Å². The number of hydrogen-bond acceptors (Lipinski definition) is 5. The van der Waals surface area contributed by atoms with Gasteiger partial charge in [0, 0.05) is 5.69 Å². The van der Waals surface area contributed by atoms with Crippen molar-refractivity contribution in [3.63, 3.8) is 0 Å². The smallest absolute Gasteiger partial charge is 0.237 e. The summed E-state index contributed by atoms with van der Waals surface area (Å²) < 4.78 is 0. The van der Waals surface area contributed by atoms with Gasteiger partial charge in [0.2, 0.25) is 11.8 Å². The molecule has 1 fully saturated rings. The van der Waals surface area contributed by atoms with Gasteiger partial charge >= 0.3 is 0 Å². The molecule has 7 heteroatoms. The number of anilines is 1. The minimum absolute atomic E-state index is 0.0688. The van der Waals surface area contributed by atoms with Gasteiger partial charge < -0.3 is 16.8 Å². The molecule has 2 aliphatic rings. The van der Waals surface area contributed by atoms with E-state index in [0.717, 1.165) is 36.9 Å². The standard InChI is InChI=1S/C24H31N5O2/c1-15(24(31)28-20-9-8-19-18(20)7-10-22(25)27-19)29-12-11-17(14-21(29)23(26)30)13-16-5-3-2-4-6-16/h2-7,10,15,17,20-21H,8-9,11-14H2,1H3,(H2,25,27)(H2,26,30)(H,28,31)/t15-,17?,20+,21?/m0/s1. The van der Waals surface area contributed by atoms with Gasteiger partial charge in [0.1, 0.15) is 5.82 Å². The van der Waals surface area contributed by atoms with E-state index in [9.17, 15) is 9.59 Å². The number of nitrogens with one attached hydrogen (secondary N) is 1. The number of amides is 2. The van der Waals surface area contributed by atoms with E-state index in [1.54, 1.807) is 6.07 Å². The van der Waals surface area contributed by atoms with E-state index in [2.05, 4.69) is 22.4 Å². The van der Waals surface area contributed by atoms with Crippen LogP contribution in [0.1, 0.15) is 49.0 Å². The summed E-state index contributed by atoms with van der Waals surface area (Å²) in [7, 11) is 0. The number of primary amides is 1. The molecule has 164 valence electrons. The monoisotopic (exact) mass is 421 g/mol. The highest BCUT2D eigenvalue weighted by Crippen LogP contribution is 2.31. The zero-order chi connectivity index (χ0) is 22.0. The first-order chi connectivity index (χ1) is 14.9. The molecule has 2 amide bonds. The number of piperidine rings is 1. The third kappa shape index (κ3) is 4.71. The van der Waals surface area contributed by atoms with Crippen LogP contribution in [-0.2, 0) is 22.4 Å². The van der Waals surface area contributed by atoms with Crippen molar-refractivity contribution in [1.29, 1.82) is 0 Å². The molecule has 5 N–H and O–H groups in total. The van der Waals surface area contributed by atoms with Crippen molar-refractivity contribution >= 4 is 17.6 Å². The number of benzene rings is 1. The number of rotatable bonds is 6. The van der Waals surface area contributed by atoms with Crippen LogP contribution in [0.3, 0.4) is 0 Å². The molecule has 31 heavy (non-hydrogen) atoms. The minimum Gasteiger partial charge on any atom is -0.384 e. The van der Waals surface area contributed by atoms with Crippen LogP contribution >= 0.6 is 0 Å². The molecule has 7 nitrogen and oxygen atoms in total. The number of nitrogens with zero attached hydrogens (tertiary/aromatic N) is 2. The Morgan fingerprint density at radius 2 is 1.97 bits per heavy atom. The molecule has 1 aliphatic heterocycles. The third-order valence-electron chi connectivity index (χ3n) is 6.72. The summed E-state index contributed by atoms with van der Waals surface area (Å²) in [5, 5.41) is 3.15. The Labute approximate surface area is 183 Å². The number of nitrogens with two attached hydrogens (primary N) is 2. The van der Waals surface area contributed by atoms with Crippen LogP contribution in [0.4, 0.5) is 5.82 Å². The van der Waals surface area contributed by atoms with E-state index in [0.29, 0.717) is 24.7 Å². The second kappa shape index (κ2) is 9.06. The molecule has 1 aromatic carbocycles. The summed E-state index contributed by atoms with van der Waals surface area (Å²) in [6.45, 7) is 2.54. The number of carbonyl (C=O) groups excluding carboxylic acids is 2. The average molecular weight is 422 g/mol. The first-order valence-electron chi connectivity index (χ1n) is 11.1. The highest BCUT2D eigenvalue weighted by Gasteiger charge is 2.38. The van der Waals surface area contributed by atoms with Gasteiger partial charge in [-0.3, -0.25) is 14.5 Å². The maximum absolute atomic E-state index is 13.1. The Balaban J connectivity index is 1.40. The van der Waals surface area contributed by atoms with Gasteiger partial charge in [-0.15, -0.1) is 0 Å². The number of aromatic nitrogens is 1. The number of nitrogen functional groups attached to an aromatic ring is 1. The molecular weight excluding hydrogens is 390 g/mol. The predicted molar refractivity (Wildman–Crippen MR) is 120 cm³/mol. The summed E-state index contributed by atoms with van der Waals surface area (Å²) >= 11 is 0. The average Bonchev–Trinajstić information content (AvgIpc) is 3.15. The lowest BCUT2D eigenvalue weighted by molar-refractivity contribution is -0.133. The zero-order valence-corrected chi connectivity index (χ0v) is 18.0. The van der Waals surface area contributed by atoms with Crippen molar-refractivity contribution < 1.29 is 9.59 Å². The van der Waals surface area contributed by atoms with Crippen LogP contribution in [0, 0.1) is 5.92 Å². The van der Waals surface area contributed by atoms with Crippen molar-refractivity contribution in [2.45, 2.75) is 57.2 Å². The molecule has 0 bridgehead atoms. The molecule has 1 aromatic heterocycles. The second-order valence-electron chi connectivity index (χ2n) is 8.78. The van der Waals surface area contributed by atoms with Crippen molar-refractivity contribution in [3.05, 3.63) is 59.3 Å². The fraction of sp³-hybridized carbons (Fsp3) is 0.458. The first kappa shape index (κ1) is 21.3. The Morgan fingerprint density at radius 3 is 2.71 bits per heavy atom. The number of fused-ring (bicyclic) bond motifs is 1. The maximum atomic E-state index is 13.1. The van der Waals surface area contributed by atoms with Gasteiger partial charge in [0.05, 0.1) is 18.1 Å². The van der Waals surface area contributed by atoms with E-state index in [1.165, 1.54) is 5.56 Å². The third-order valence-corrected chi connectivity index (χ3v) is 6.72. The van der Waals surface area contributed by atoms with E-state index in [-0.39, 0.29) is 17.9 Å². The van der Waals surface area contributed by atoms with Crippen LogP contribution in [0.5, 0.6) is 0 Å². The Hall–Kier alpha value is -2.93. The Bertz CT molecular complexity index is 948. The second-order valence-corrected chi connectivity index (χ2v) is 8.78. The molecule has 4 atom stereocenters. The van der Waals surface area contributed by atoms with Gasteiger partial charge in [-0.2, -0.15) is 0 Å². The molecular formula is C24H31N5O2. The lowest BCUT2D eigenvalue weighted by atomic mass is 9.85. The van der Waals surface area contributed by atoms with Crippen LogP contribution in [0.2, 0.25) is 0 Å². The normalized spacial score (nSPS) is 24.4. The number of likely N-dealkylation sites (tertiary alicyclic amines) is 1. The summed E-state index contributed by atoms with van der Waals surface area (Å²) in [5.41, 5.74) is 14.8. The van der Waals surface area contributed by atoms with Crippen molar-refractivity contribution in [1.82, 2.24) is 15.2 Å². The summed E-state index contributed by atoms with van der Waals surface area (Å²) in [4.78, 5) is 31.7. The fourth-order valence-electron chi connectivity index (χ4n) is 5.01. The predicted octanol–water partition coefficient (Wildman–Crippen LogP) is 1.96. The van der Waals surface area contributed by atoms with Gasteiger partial charge in [-0.25, -0.2) is 4.98 Å². The topological polar surface area (TPSA) is 114 Å². The number of pyridine rings is 1. The van der Waals surface area contributed by atoms with Crippen LogP contribution < -0.4 is 16.8 Å². The number of hydrogen-bond donors (Lipinski definition) is 3. The highest BCUT2D eigenvalue weighted by atomic mass is 16.2. The van der Waals surface area contributed by atoms with E-state index in [1.807, 2.05) is 36.1 Å². The summed E-state index contributed by atoms with van der Waals surface area (Å²) in [6, 6.07) is 13.1. The molecule has 1 saturated heterocycles. The molecule has 1 aliphatic carbocycles. The molecule has 2 aromatic rings. The van der Waals surface area contributed by atoms with Crippen molar-refractivity contribution in [3.8, 4) is 0 Å². The quantitative estimate of drug-likeness (QED) is 0.660. The van der Waals surface area contributed by atoms with Gasteiger partial charge in [-0.1, -0.05) is 36.4 Å². The summed E-state index contributed by atoms with van der Waals surface area (Å²) in [5.74, 6) is 0.442. The Morgan fingerprint density at radius 1 is 1.19 bits per heavy atom. The summed E-state index contributed by atoms with van der Waals surface area (Å²) in [6.07, 6.45) is 4.15. The SMILES string of the molecule is C[C@@H](C(=O)N[C@@H]1CCc2nc(N)ccc21)N1CCC(Cc2ccccc2)CC1C(N)=O. The van der Waals surface area contributed by atoms with Gasteiger partial charge in [-0.05, 0) is 68.7 Å². The van der Waals surface area contributed by atoms with E-state index in [4.69, 9.17) is 11.5 Å². The van der Waals surface area contributed by atoms with Crippen LogP contribution in [0.15, 0.2) is 42.5 Å². The fourth-order valence-corrected chi connectivity index (χ4v) is 5.01. The first-order valence-corrected chi connectivity index (χ1v) is 11.1. The minimum atomic E-state index is -0.430. The van der Waals surface area contributed by atoms with Crippen LogP contribution in [0.25, 0.3) is 0 Å². The maximum Gasteiger partial charge on any atom is 0.237 e. The Kier molecular flexibility index (Phi) is 6.23. The molecule has 4 rings (SSSR count). The lowest BCUT2D eigenvalue weighted by Crippen LogP contribution is -2.57. The van der Waals surface area contributed by atoms with Crippen LogP contribution in [-0.4, -0.2) is 40.3 Å². The van der Waals surface area contributed by atoms with E-state index >= 15 is 0 Å². The molecule has 2 unspecified atom stereocenters. The molecule has 2 heterocycles. The van der Waals surface area contributed by atoms with Gasteiger partial charge in [0.15, 0.2) is 0 Å². The molecule has 0 saturated carbocycles. The van der Waals surface area contributed by atoms with Crippen molar-refractivity contribution in [2.24, 2.45) is 11.7 Å². The molecule has 0 radical (unpaired) electrons. The zero-order valence-electron chi connectivity index (χ0n) is 18.0. The number of carbonyl (C=O) groups is 2. The largest absolute Gasteiger partial charge is 0.384 e. The highest BCUT2D eigenvalue weighted by molar-refractivity contribution is 5.84. The van der Waals surface area contributed by atoms with E-state index < -0.39 is 12.1 Å². The van der Waals surface area contributed by atoms with Crippen molar-refractivity contribution in [2.75, 3.05) is 12.3 Å². The molecule has 0 spiro atoms. The number of aryl methyl sites for hydroxylation is 1.